The van der Waals surface area contributed by atoms with Crippen LogP contribution in [-0.4, -0.2) is 47.5 Å². The molecule has 3 amide bonds. The Morgan fingerprint density at radius 2 is 1.96 bits per heavy atom. The van der Waals surface area contributed by atoms with Crippen LogP contribution in [0.1, 0.15) is 58.8 Å². The van der Waals surface area contributed by atoms with Crippen LogP contribution in [0.2, 0.25) is 0 Å². The van der Waals surface area contributed by atoms with E-state index in [1.165, 1.54) is 0 Å². The fraction of sp³-hybridized carbons (Fsp3) is 0.737. The van der Waals surface area contributed by atoms with Crippen LogP contribution in [0.15, 0.2) is 12.2 Å². The van der Waals surface area contributed by atoms with Gasteiger partial charge >= 0.3 is 0 Å². The molecule has 0 saturated heterocycles. The molecule has 0 aromatic heterocycles. The summed E-state index contributed by atoms with van der Waals surface area (Å²) in [7, 11) is 1.76. The van der Waals surface area contributed by atoms with Crippen molar-refractivity contribution in [3.05, 3.63) is 12.2 Å². The van der Waals surface area contributed by atoms with Crippen LogP contribution in [0.25, 0.3) is 0 Å². The molecule has 1 aliphatic heterocycles. The highest BCUT2D eigenvalue weighted by Gasteiger charge is 2.29. The van der Waals surface area contributed by atoms with Crippen molar-refractivity contribution in [3.8, 4) is 0 Å². The number of nitrogens with zero attached hydrogens (tertiary/aromatic N) is 1. The number of likely N-dealkylation sites (N-methyl/N-ethyl adjacent to an activating group) is 1. The van der Waals surface area contributed by atoms with Crippen molar-refractivity contribution < 1.29 is 19.6 Å². The number of hydroxylamine groups is 1. The lowest BCUT2D eigenvalue weighted by Gasteiger charge is -2.27. The van der Waals surface area contributed by atoms with Gasteiger partial charge in [-0.2, -0.15) is 0 Å². The highest BCUT2D eigenvalue weighted by atomic mass is 16.5. The zero-order chi connectivity index (χ0) is 19.5. The monoisotopic (exact) mass is 367 g/mol. The van der Waals surface area contributed by atoms with Crippen molar-refractivity contribution in [2.24, 2.45) is 11.8 Å². The molecule has 1 rings (SSSR count). The number of rotatable bonds is 4. The van der Waals surface area contributed by atoms with Crippen LogP contribution in [0.3, 0.4) is 0 Å². The van der Waals surface area contributed by atoms with Crippen LogP contribution in [-0.2, 0) is 14.4 Å². The third kappa shape index (κ3) is 7.99. The summed E-state index contributed by atoms with van der Waals surface area (Å²) in [4.78, 5) is 38.7. The SMILES string of the molecule is CC(C)C[C@@H]1NC(=O)[C@@H](CC(=O)NO)CCC/C=C/CCCN(C)C1=O. The Kier molecular flexibility index (Phi) is 9.95. The van der Waals surface area contributed by atoms with E-state index >= 15 is 0 Å². The molecule has 0 radical (unpaired) electrons. The normalized spacial score (nSPS) is 24.7. The molecule has 0 bridgehead atoms. The maximum atomic E-state index is 12.8. The Morgan fingerprint density at radius 1 is 1.31 bits per heavy atom. The van der Waals surface area contributed by atoms with Gasteiger partial charge in [0.05, 0.1) is 0 Å². The Hall–Kier alpha value is -1.89. The van der Waals surface area contributed by atoms with Crippen molar-refractivity contribution in [1.82, 2.24) is 15.7 Å². The van der Waals surface area contributed by atoms with E-state index in [0.29, 0.717) is 19.4 Å². The maximum Gasteiger partial charge on any atom is 0.244 e. The van der Waals surface area contributed by atoms with Gasteiger partial charge in [-0.25, -0.2) is 5.48 Å². The molecular formula is C19H33N3O4. The number of carbonyl (C=O) groups excluding carboxylic acids is 3. The summed E-state index contributed by atoms with van der Waals surface area (Å²) in [5, 5.41) is 11.6. The third-order valence-electron chi connectivity index (χ3n) is 4.58. The fourth-order valence-electron chi connectivity index (χ4n) is 3.12. The Morgan fingerprint density at radius 3 is 2.58 bits per heavy atom. The molecule has 2 atom stereocenters. The molecule has 148 valence electrons. The average molecular weight is 367 g/mol. The lowest BCUT2D eigenvalue weighted by atomic mass is 9.95. The first-order chi connectivity index (χ1) is 12.3. The molecular weight excluding hydrogens is 334 g/mol. The van der Waals surface area contributed by atoms with Gasteiger partial charge in [-0.05, 0) is 44.4 Å². The topological polar surface area (TPSA) is 98.7 Å². The van der Waals surface area contributed by atoms with Gasteiger partial charge in [0.1, 0.15) is 6.04 Å². The van der Waals surface area contributed by atoms with E-state index in [1.54, 1.807) is 17.4 Å². The van der Waals surface area contributed by atoms with Crippen molar-refractivity contribution in [2.45, 2.75) is 64.8 Å². The van der Waals surface area contributed by atoms with E-state index in [9.17, 15) is 14.4 Å². The molecule has 7 nitrogen and oxygen atoms in total. The zero-order valence-corrected chi connectivity index (χ0v) is 16.2. The first kappa shape index (κ1) is 22.2. The summed E-state index contributed by atoms with van der Waals surface area (Å²) in [6.07, 6.45) is 8.59. The average Bonchev–Trinajstić information content (AvgIpc) is 2.59. The van der Waals surface area contributed by atoms with E-state index in [4.69, 9.17) is 5.21 Å². The van der Waals surface area contributed by atoms with Crippen LogP contribution < -0.4 is 10.8 Å². The van der Waals surface area contributed by atoms with Gasteiger partial charge in [0, 0.05) is 25.9 Å². The lowest BCUT2D eigenvalue weighted by molar-refractivity contribution is -0.138. The van der Waals surface area contributed by atoms with E-state index in [-0.39, 0.29) is 24.2 Å². The van der Waals surface area contributed by atoms with Crippen LogP contribution in [0.4, 0.5) is 0 Å². The highest BCUT2D eigenvalue weighted by Crippen LogP contribution is 2.16. The Balaban J connectivity index is 2.96. The van der Waals surface area contributed by atoms with E-state index in [2.05, 4.69) is 17.5 Å². The van der Waals surface area contributed by atoms with E-state index in [1.807, 2.05) is 13.8 Å². The van der Waals surface area contributed by atoms with E-state index < -0.39 is 17.9 Å². The second-order valence-corrected chi connectivity index (χ2v) is 7.43. The molecule has 3 N–H and O–H groups in total. The zero-order valence-electron chi connectivity index (χ0n) is 16.2. The first-order valence-electron chi connectivity index (χ1n) is 9.48. The molecule has 0 aromatic rings. The van der Waals surface area contributed by atoms with Crippen molar-refractivity contribution in [3.63, 3.8) is 0 Å². The molecule has 7 heteroatoms. The number of hydrogen-bond donors (Lipinski definition) is 3. The molecule has 0 aromatic carbocycles. The molecule has 0 spiro atoms. The molecule has 0 fully saturated rings. The molecule has 0 aliphatic carbocycles. The first-order valence-corrected chi connectivity index (χ1v) is 9.48. The summed E-state index contributed by atoms with van der Waals surface area (Å²) in [6.45, 7) is 4.66. The minimum absolute atomic E-state index is 0.0928. The summed E-state index contributed by atoms with van der Waals surface area (Å²) in [6, 6.07) is -0.592. The van der Waals surface area contributed by atoms with Crippen LogP contribution in [0, 0.1) is 11.8 Å². The molecule has 0 saturated carbocycles. The summed E-state index contributed by atoms with van der Waals surface area (Å²) in [5.41, 5.74) is 1.59. The largest absolute Gasteiger partial charge is 0.344 e. The number of allylic oxidation sites excluding steroid dienone is 2. The van der Waals surface area contributed by atoms with Gasteiger partial charge in [-0.15, -0.1) is 0 Å². The summed E-state index contributed by atoms with van der Waals surface area (Å²) < 4.78 is 0. The maximum absolute atomic E-state index is 12.8. The second-order valence-electron chi connectivity index (χ2n) is 7.43. The standard InChI is InChI=1S/C19H33N3O4/c1-14(2)12-16-19(25)22(3)11-9-7-5-4-6-8-10-15(18(24)20-16)13-17(23)21-26/h4-5,14-16,26H,6-13H2,1-3H3,(H,20,24)(H,21,23)/b5-4+/t15-,16+/m1/s1. The summed E-state index contributed by atoms with van der Waals surface area (Å²) in [5.74, 6) is -1.31. The quantitative estimate of drug-likeness (QED) is 0.402. The van der Waals surface area contributed by atoms with Crippen molar-refractivity contribution in [1.29, 1.82) is 0 Å². The number of amides is 3. The smallest absolute Gasteiger partial charge is 0.244 e. The van der Waals surface area contributed by atoms with Gasteiger partial charge in [0.2, 0.25) is 17.7 Å². The highest BCUT2D eigenvalue weighted by molar-refractivity contribution is 5.90. The Bertz CT molecular complexity index is 505. The van der Waals surface area contributed by atoms with Crippen LogP contribution in [0.5, 0.6) is 0 Å². The van der Waals surface area contributed by atoms with Gasteiger partial charge in [0.15, 0.2) is 0 Å². The minimum Gasteiger partial charge on any atom is -0.344 e. The predicted molar refractivity (Wildman–Crippen MR) is 99.3 cm³/mol. The van der Waals surface area contributed by atoms with Crippen molar-refractivity contribution >= 4 is 17.7 Å². The molecule has 1 heterocycles. The van der Waals surface area contributed by atoms with E-state index in [0.717, 1.165) is 25.7 Å². The molecule has 26 heavy (non-hydrogen) atoms. The molecule has 0 unspecified atom stereocenters. The number of nitrogens with one attached hydrogen (secondary N) is 2. The third-order valence-corrected chi connectivity index (χ3v) is 4.58. The summed E-state index contributed by atoms with van der Waals surface area (Å²) >= 11 is 0. The molecule has 1 aliphatic rings. The van der Waals surface area contributed by atoms with Gasteiger partial charge < -0.3 is 10.2 Å². The van der Waals surface area contributed by atoms with Gasteiger partial charge in [-0.1, -0.05) is 26.0 Å². The lowest BCUT2D eigenvalue weighted by Crippen LogP contribution is -2.50. The number of carbonyl (C=O) groups is 3. The second kappa shape index (κ2) is 11.7. The van der Waals surface area contributed by atoms with Crippen molar-refractivity contribution in [2.75, 3.05) is 13.6 Å². The minimum atomic E-state index is -0.592. The number of hydrogen-bond acceptors (Lipinski definition) is 4. The Labute approximate surface area is 156 Å². The fourth-order valence-corrected chi connectivity index (χ4v) is 3.12. The van der Waals surface area contributed by atoms with Gasteiger partial charge in [0.25, 0.3) is 0 Å². The predicted octanol–water partition coefficient (Wildman–Crippen LogP) is 2.01. The van der Waals surface area contributed by atoms with Crippen LogP contribution >= 0.6 is 0 Å². The van der Waals surface area contributed by atoms with Gasteiger partial charge in [-0.3, -0.25) is 19.6 Å².